The summed E-state index contributed by atoms with van der Waals surface area (Å²) in [7, 11) is 0. The largest absolute Gasteiger partial charge is 0.507 e. The maximum atomic E-state index is 14.4. The molecule has 0 aliphatic carbocycles. The van der Waals surface area contributed by atoms with Gasteiger partial charge in [0.25, 0.3) is 0 Å². The summed E-state index contributed by atoms with van der Waals surface area (Å²) in [5, 5.41) is 16.6. The number of ether oxygens (including phenoxy) is 1. The van der Waals surface area contributed by atoms with Crippen LogP contribution in [-0.2, 0) is 19.1 Å². The number of amides is 4. The topological polar surface area (TPSA) is 151 Å². The minimum atomic E-state index is -1.22. The minimum Gasteiger partial charge on any atom is -0.507 e. The van der Waals surface area contributed by atoms with E-state index in [1.165, 1.54) is 4.90 Å². The molecule has 0 spiro atoms. The molecule has 0 radical (unpaired) electrons. The molecular formula is C30H50N4O6. The minimum absolute atomic E-state index is 0.0891. The summed E-state index contributed by atoms with van der Waals surface area (Å²) in [6.07, 6.45) is 0.233. The molecule has 1 aromatic rings. The van der Waals surface area contributed by atoms with Crippen molar-refractivity contribution in [3.63, 3.8) is 0 Å². The molecule has 4 amide bonds. The van der Waals surface area contributed by atoms with Gasteiger partial charge in [-0.2, -0.15) is 0 Å². The quantitative estimate of drug-likeness (QED) is 0.295. The Labute approximate surface area is 239 Å². The average molecular weight is 563 g/mol. The highest BCUT2D eigenvalue weighted by atomic mass is 16.6. The molecule has 0 saturated heterocycles. The van der Waals surface area contributed by atoms with E-state index in [-0.39, 0.29) is 24.2 Å². The van der Waals surface area contributed by atoms with Gasteiger partial charge in [-0.05, 0) is 86.1 Å². The second-order valence-corrected chi connectivity index (χ2v) is 12.9. The Morgan fingerprint density at radius 1 is 1.00 bits per heavy atom. The Morgan fingerprint density at radius 2 is 1.60 bits per heavy atom. The van der Waals surface area contributed by atoms with Crippen LogP contribution in [0.15, 0.2) is 18.2 Å². The molecule has 3 unspecified atom stereocenters. The SMILES string of the molecule is Cc1cccc(C(C(=O)NC(C)(C)C)N(C(=O)C(CCC(N)=O)NC(=O)OC(C)(C)C)C(C)CCC(C)C)c1O. The van der Waals surface area contributed by atoms with E-state index in [1.54, 1.807) is 45.9 Å². The maximum absolute atomic E-state index is 14.4. The third kappa shape index (κ3) is 11.4. The first-order valence-electron chi connectivity index (χ1n) is 13.9. The fourth-order valence-electron chi connectivity index (χ4n) is 4.24. The van der Waals surface area contributed by atoms with E-state index in [0.29, 0.717) is 17.9 Å². The molecular weight excluding hydrogens is 512 g/mol. The van der Waals surface area contributed by atoms with Crippen LogP contribution in [0.5, 0.6) is 5.75 Å². The zero-order valence-electron chi connectivity index (χ0n) is 25.9. The highest BCUT2D eigenvalue weighted by molar-refractivity contribution is 5.93. The highest BCUT2D eigenvalue weighted by Gasteiger charge is 2.41. The third-order valence-corrected chi connectivity index (χ3v) is 6.15. The Balaban J connectivity index is 3.77. The number of nitrogens with two attached hydrogens (primary N) is 1. The summed E-state index contributed by atoms with van der Waals surface area (Å²) in [4.78, 5) is 54.1. The maximum Gasteiger partial charge on any atom is 0.408 e. The molecule has 3 atom stereocenters. The van der Waals surface area contributed by atoms with Crippen LogP contribution in [0.4, 0.5) is 4.79 Å². The van der Waals surface area contributed by atoms with Gasteiger partial charge in [0.15, 0.2) is 0 Å². The Hall–Kier alpha value is -3.30. The number of aryl methyl sites for hydroxylation is 1. The third-order valence-electron chi connectivity index (χ3n) is 6.15. The van der Waals surface area contributed by atoms with Crippen molar-refractivity contribution in [3.05, 3.63) is 29.3 Å². The van der Waals surface area contributed by atoms with Crippen molar-refractivity contribution >= 4 is 23.8 Å². The number of nitrogens with one attached hydrogen (secondary N) is 2. The van der Waals surface area contributed by atoms with Crippen molar-refractivity contribution in [2.75, 3.05) is 0 Å². The number of nitrogens with zero attached hydrogens (tertiary/aromatic N) is 1. The number of alkyl carbamates (subject to hydrolysis) is 1. The van der Waals surface area contributed by atoms with Crippen molar-refractivity contribution < 1.29 is 29.0 Å². The van der Waals surface area contributed by atoms with E-state index in [1.807, 2.05) is 27.7 Å². The van der Waals surface area contributed by atoms with Crippen LogP contribution in [-0.4, -0.2) is 57.0 Å². The lowest BCUT2D eigenvalue weighted by Gasteiger charge is -2.40. The number of para-hydroxylation sites is 1. The fraction of sp³-hybridized carbons (Fsp3) is 0.667. The molecule has 1 rings (SSSR count). The lowest BCUT2D eigenvalue weighted by Crippen LogP contribution is -2.57. The van der Waals surface area contributed by atoms with Crippen LogP contribution in [0.25, 0.3) is 0 Å². The van der Waals surface area contributed by atoms with Gasteiger partial charge in [-0.25, -0.2) is 4.79 Å². The van der Waals surface area contributed by atoms with Gasteiger partial charge in [-0.3, -0.25) is 14.4 Å². The summed E-state index contributed by atoms with van der Waals surface area (Å²) >= 11 is 0. The second-order valence-electron chi connectivity index (χ2n) is 12.9. The molecule has 0 aliphatic heterocycles. The average Bonchev–Trinajstić information content (AvgIpc) is 2.77. The molecule has 10 nitrogen and oxygen atoms in total. The van der Waals surface area contributed by atoms with Gasteiger partial charge in [0.1, 0.15) is 23.4 Å². The molecule has 5 N–H and O–H groups in total. The molecule has 0 bridgehead atoms. The number of hydrogen-bond acceptors (Lipinski definition) is 6. The number of benzene rings is 1. The predicted octanol–water partition coefficient (Wildman–Crippen LogP) is 4.47. The first-order chi connectivity index (χ1) is 18.2. The number of primary amides is 1. The van der Waals surface area contributed by atoms with Crippen LogP contribution < -0.4 is 16.4 Å². The molecule has 0 aliphatic rings. The molecule has 10 heteroatoms. The van der Waals surface area contributed by atoms with Crippen LogP contribution in [0, 0.1) is 12.8 Å². The molecule has 0 saturated carbocycles. The predicted molar refractivity (Wildman–Crippen MR) is 155 cm³/mol. The van der Waals surface area contributed by atoms with Crippen molar-refractivity contribution in [2.45, 2.75) is 124 Å². The van der Waals surface area contributed by atoms with Gasteiger partial charge in [-0.1, -0.05) is 32.0 Å². The van der Waals surface area contributed by atoms with Crippen molar-refractivity contribution in [1.82, 2.24) is 15.5 Å². The normalized spacial score (nSPS) is 14.2. The van der Waals surface area contributed by atoms with Crippen LogP contribution in [0.3, 0.4) is 0 Å². The highest BCUT2D eigenvalue weighted by Crippen LogP contribution is 2.35. The lowest BCUT2D eigenvalue weighted by atomic mass is 9.94. The molecule has 226 valence electrons. The number of phenols is 1. The van der Waals surface area contributed by atoms with Crippen molar-refractivity contribution in [2.24, 2.45) is 11.7 Å². The number of rotatable bonds is 12. The molecule has 0 aromatic heterocycles. The standard InChI is InChI=1S/C30H50N4O6/c1-18(2)14-15-20(4)34(27(38)22(16-17-23(31)35)32-28(39)40-30(8,9)10)24(26(37)33-29(5,6)7)21-13-11-12-19(3)25(21)36/h11-13,18,20,22,24,36H,14-17H2,1-10H3,(H2,31,35)(H,32,39)(H,33,37). The first-order valence-corrected chi connectivity index (χ1v) is 13.9. The zero-order chi connectivity index (χ0) is 31.0. The molecule has 1 aromatic carbocycles. The lowest BCUT2D eigenvalue weighted by molar-refractivity contribution is -0.146. The molecule has 0 heterocycles. The Kier molecular flexibility index (Phi) is 12.5. The van der Waals surface area contributed by atoms with Gasteiger partial charge in [0.2, 0.25) is 17.7 Å². The summed E-state index contributed by atoms with van der Waals surface area (Å²) in [5.41, 5.74) is 4.74. The van der Waals surface area contributed by atoms with E-state index in [4.69, 9.17) is 10.5 Å². The summed E-state index contributed by atoms with van der Waals surface area (Å²) in [5.74, 6) is -1.47. The van der Waals surface area contributed by atoms with Gasteiger partial charge >= 0.3 is 6.09 Å². The van der Waals surface area contributed by atoms with Crippen LogP contribution in [0.1, 0.15) is 105 Å². The van der Waals surface area contributed by atoms with E-state index in [9.17, 15) is 24.3 Å². The van der Waals surface area contributed by atoms with E-state index in [2.05, 4.69) is 24.5 Å². The van der Waals surface area contributed by atoms with Gasteiger partial charge in [-0.15, -0.1) is 0 Å². The van der Waals surface area contributed by atoms with Gasteiger partial charge in [0, 0.05) is 23.6 Å². The first kappa shape index (κ1) is 34.7. The summed E-state index contributed by atoms with van der Waals surface area (Å²) < 4.78 is 5.38. The fourth-order valence-corrected chi connectivity index (χ4v) is 4.24. The monoisotopic (exact) mass is 562 g/mol. The van der Waals surface area contributed by atoms with Crippen molar-refractivity contribution in [3.8, 4) is 5.75 Å². The smallest absolute Gasteiger partial charge is 0.408 e. The molecule has 40 heavy (non-hydrogen) atoms. The van der Waals surface area contributed by atoms with Crippen LogP contribution in [0.2, 0.25) is 0 Å². The Bertz CT molecular complexity index is 1040. The van der Waals surface area contributed by atoms with Gasteiger partial charge in [0.05, 0.1) is 0 Å². The number of hydrogen-bond donors (Lipinski definition) is 4. The number of aromatic hydroxyl groups is 1. The molecule has 0 fully saturated rings. The zero-order valence-corrected chi connectivity index (χ0v) is 25.9. The van der Waals surface area contributed by atoms with Gasteiger partial charge < -0.3 is 31.1 Å². The number of carbonyl (C=O) groups is 4. The number of carbonyl (C=O) groups excluding carboxylic acids is 4. The van der Waals surface area contributed by atoms with E-state index >= 15 is 0 Å². The summed E-state index contributed by atoms with van der Waals surface area (Å²) in [6.45, 7) is 18.2. The van der Waals surface area contributed by atoms with Crippen LogP contribution >= 0.6 is 0 Å². The number of phenolic OH excluding ortho intramolecular Hbond substituents is 1. The van der Waals surface area contributed by atoms with Crippen molar-refractivity contribution in [1.29, 1.82) is 0 Å². The summed E-state index contributed by atoms with van der Waals surface area (Å²) in [6, 6.07) is 2.15. The van der Waals surface area contributed by atoms with E-state index < -0.39 is 53.1 Å². The Morgan fingerprint density at radius 3 is 2.10 bits per heavy atom. The van der Waals surface area contributed by atoms with E-state index in [0.717, 1.165) is 6.42 Å². The second kappa shape index (κ2) is 14.4.